The summed E-state index contributed by atoms with van der Waals surface area (Å²) in [7, 11) is 0. The number of hydrogen-bond acceptors (Lipinski definition) is 2. The molecule has 0 aliphatic rings. The van der Waals surface area contributed by atoms with Gasteiger partial charge in [-0.05, 0) is 59.0 Å². The number of carbonyl (C=O) groups excluding carboxylic acids is 1. The lowest BCUT2D eigenvalue weighted by Gasteiger charge is -2.06. The van der Waals surface area contributed by atoms with Gasteiger partial charge in [-0.3, -0.25) is 4.79 Å². The highest BCUT2D eigenvalue weighted by atomic mass is 127. The Labute approximate surface area is 117 Å². The smallest absolute Gasteiger partial charge is 0.255 e. The van der Waals surface area contributed by atoms with Gasteiger partial charge in [0.15, 0.2) is 0 Å². The van der Waals surface area contributed by atoms with Gasteiger partial charge in [0.05, 0.1) is 5.69 Å². The van der Waals surface area contributed by atoms with Gasteiger partial charge in [-0.15, -0.1) is 0 Å². The first-order valence-corrected chi connectivity index (χ1v) is 6.26. The molecule has 0 aromatic heterocycles. The van der Waals surface area contributed by atoms with Gasteiger partial charge in [0.2, 0.25) is 0 Å². The molecule has 2 aromatic rings. The summed E-state index contributed by atoms with van der Waals surface area (Å²) in [5, 5.41) is 2.69. The second-order valence-electron chi connectivity index (χ2n) is 3.70. The lowest BCUT2D eigenvalue weighted by atomic mass is 10.2. The minimum absolute atomic E-state index is 0.0285. The van der Waals surface area contributed by atoms with Gasteiger partial charge in [-0.1, -0.05) is 6.07 Å². The zero-order chi connectivity index (χ0) is 13.1. The van der Waals surface area contributed by atoms with E-state index < -0.39 is 5.82 Å². The van der Waals surface area contributed by atoms with Crippen molar-refractivity contribution >= 4 is 39.9 Å². The van der Waals surface area contributed by atoms with Crippen LogP contribution in [0.2, 0.25) is 0 Å². The van der Waals surface area contributed by atoms with Gasteiger partial charge >= 0.3 is 0 Å². The maximum Gasteiger partial charge on any atom is 0.255 e. The van der Waals surface area contributed by atoms with Crippen molar-refractivity contribution in [2.45, 2.75) is 0 Å². The summed E-state index contributed by atoms with van der Waals surface area (Å²) in [6.45, 7) is 0. The summed E-state index contributed by atoms with van der Waals surface area (Å²) in [5.74, 6) is -0.957. The minimum Gasteiger partial charge on any atom is -0.396 e. The number of nitrogen functional groups attached to an aromatic ring is 1. The van der Waals surface area contributed by atoms with Crippen LogP contribution in [-0.2, 0) is 0 Å². The lowest BCUT2D eigenvalue weighted by molar-refractivity contribution is 0.102. The molecule has 2 rings (SSSR count). The molecule has 2 aromatic carbocycles. The highest BCUT2D eigenvalue weighted by Crippen LogP contribution is 2.16. The van der Waals surface area contributed by atoms with E-state index in [2.05, 4.69) is 27.9 Å². The normalized spacial score (nSPS) is 10.1. The standard InChI is InChI=1S/C13H10FIN2O/c14-11-6-8(4-5-12(11)16)13(18)17-10-3-1-2-9(15)7-10/h1-7H,16H2,(H,17,18). The van der Waals surface area contributed by atoms with Crippen molar-refractivity contribution in [2.75, 3.05) is 11.1 Å². The minimum atomic E-state index is -0.592. The number of anilines is 2. The molecule has 1 amide bonds. The first kappa shape index (κ1) is 12.8. The Hall–Kier alpha value is -1.63. The third-order valence-corrected chi connectivity index (χ3v) is 3.02. The van der Waals surface area contributed by atoms with Gasteiger partial charge in [0.1, 0.15) is 5.82 Å². The fourth-order valence-electron chi connectivity index (χ4n) is 1.44. The molecule has 0 saturated heterocycles. The van der Waals surface area contributed by atoms with E-state index in [1.807, 2.05) is 18.2 Å². The SMILES string of the molecule is Nc1ccc(C(=O)Nc2cccc(I)c2)cc1F. The monoisotopic (exact) mass is 356 g/mol. The number of nitrogens with one attached hydrogen (secondary N) is 1. The van der Waals surface area contributed by atoms with Crippen molar-refractivity contribution in [3.63, 3.8) is 0 Å². The van der Waals surface area contributed by atoms with Crippen molar-refractivity contribution in [1.82, 2.24) is 0 Å². The fraction of sp³-hybridized carbons (Fsp3) is 0. The first-order chi connectivity index (χ1) is 8.56. The van der Waals surface area contributed by atoms with E-state index in [1.165, 1.54) is 12.1 Å². The number of carbonyl (C=O) groups is 1. The molecule has 92 valence electrons. The predicted octanol–water partition coefficient (Wildman–Crippen LogP) is 3.26. The molecule has 0 saturated carbocycles. The maximum absolute atomic E-state index is 13.2. The lowest BCUT2D eigenvalue weighted by Crippen LogP contribution is -2.12. The average molecular weight is 356 g/mol. The van der Waals surface area contributed by atoms with Crippen LogP contribution < -0.4 is 11.1 Å². The highest BCUT2D eigenvalue weighted by Gasteiger charge is 2.08. The second kappa shape index (κ2) is 5.34. The molecule has 18 heavy (non-hydrogen) atoms. The highest BCUT2D eigenvalue weighted by molar-refractivity contribution is 14.1. The molecular weight excluding hydrogens is 346 g/mol. The average Bonchev–Trinajstić information content (AvgIpc) is 2.32. The fourth-order valence-corrected chi connectivity index (χ4v) is 1.98. The van der Waals surface area contributed by atoms with Crippen molar-refractivity contribution in [3.05, 3.63) is 57.4 Å². The quantitative estimate of drug-likeness (QED) is 0.641. The Morgan fingerprint density at radius 2 is 2.00 bits per heavy atom. The summed E-state index contributed by atoms with van der Waals surface area (Å²) in [6, 6.07) is 11.3. The van der Waals surface area contributed by atoms with Crippen molar-refractivity contribution in [2.24, 2.45) is 0 Å². The molecule has 3 N–H and O–H groups in total. The van der Waals surface area contributed by atoms with Gasteiger partial charge < -0.3 is 11.1 Å². The molecule has 0 heterocycles. The number of benzene rings is 2. The largest absolute Gasteiger partial charge is 0.396 e. The number of rotatable bonds is 2. The molecule has 0 aliphatic heterocycles. The zero-order valence-corrected chi connectivity index (χ0v) is 11.4. The zero-order valence-electron chi connectivity index (χ0n) is 9.28. The van der Waals surface area contributed by atoms with Crippen molar-refractivity contribution in [1.29, 1.82) is 0 Å². The third-order valence-electron chi connectivity index (χ3n) is 2.35. The van der Waals surface area contributed by atoms with Crippen LogP contribution in [-0.4, -0.2) is 5.91 Å². The van der Waals surface area contributed by atoms with E-state index in [0.29, 0.717) is 5.69 Å². The van der Waals surface area contributed by atoms with Crippen LogP contribution in [0.3, 0.4) is 0 Å². The maximum atomic E-state index is 13.2. The van der Waals surface area contributed by atoms with E-state index in [-0.39, 0.29) is 17.2 Å². The third kappa shape index (κ3) is 2.98. The second-order valence-corrected chi connectivity index (χ2v) is 4.95. The molecule has 0 atom stereocenters. The Bertz CT molecular complexity index is 601. The number of hydrogen-bond donors (Lipinski definition) is 2. The number of amides is 1. The molecule has 0 spiro atoms. The van der Waals surface area contributed by atoms with Crippen LogP contribution in [0.15, 0.2) is 42.5 Å². The summed E-state index contributed by atoms with van der Waals surface area (Å²) in [5.41, 5.74) is 6.29. The predicted molar refractivity (Wildman–Crippen MR) is 77.9 cm³/mol. The van der Waals surface area contributed by atoms with E-state index in [4.69, 9.17) is 5.73 Å². The van der Waals surface area contributed by atoms with E-state index in [9.17, 15) is 9.18 Å². The van der Waals surface area contributed by atoms with Gasteiger partial charge in [0, 0.05) is 14.8 Å². The molecular formula is C13H10FIN2O. The van der Waals surface area contributed by atoms with Crippen molar-refractivity contribution < 1.29 is 9.18 Å². The van der Waals surface area contributed by atoms with Crippen LogP contribution in [0.4, 0.5) is 15.8 Å². The van der Waals surface area contributed by atoms with Crippen LogP contribution in [0.5, 0.6) is 0 Å². The van der Waals surface area contributed by atoms with Crippen LogP contribution in [0.25, 0.3) is 0 Å². The Balaban J connectivity index is 2.19. The van der Waals surface area contributed by atoms with Crippen LogP contribution in [0, 0.1) is 9.39 Å². The Morgan fingerprint density at radius 1 is 1.22 bits per heavy atom. The number of halogens is 2. The Morgan fingerprint density at radius 3 is 2.67 bits per heavy atom. The van der Waals surface area contributed by atoms with E-state index in [1.54, 1.807) is 6.07 Å². The van der Waals surface area contributed by atoms with Crippen LogP contribution in [0.1, 0.15) is 10.4 Å². The molecule has 0 aliphatic carbocycles. The van der Waals surface area contributed by atoms with Crippen molar-refractivity contribution in [3.8, 4) is 0 Å². The molecule has 3 nitrogen and oxygen atoms in total. The topological polar surface area (TPSA) is 55.1 Å². The van der Waals surface area contributed by atoms with Gasteiger partial charge in [0.25, 0.3) is 5.91 Å². The summed E-state index contributed by atoms with van der Waals surface area (Å²) < 4.78 is 14.2. The first-order valence-electron chi connectivity index (χ1n) is 5.18. The molecule has 0 bridgehead atoms. The van der Waals surface area contributed by atoms with E-state index in [0.717, 1.165) is 9.64 Å². The molecule has 5 heteroatoms. The van der Waals surface area contributed by atoms with E-state index >= 15 is 0 Å². The summed E-state index contributed by atoms with van der Waals surface area (Å²) in [4.78, 5) is 11.9. The molecule has 0 radical (unpaired) electrons. The summed E-state index contributed by atoms with van der Waals surface area (Å²) >= 11 is 2.15. The van der Waals surface area contributed by atoms with Crippen LogP contribution >= 0.6 is 22.6 Å². The Kier molecular flexibility index (Phi) is 3.81. The molecule has 0 unspecified atom stereocenters. The van der Waals surface area contributed by atoms with Gasteiger partial charge in [-0.25, -0.2) is 4.39 Å². The summed E-state index contributed by atoms with van der Waals surface area (Å²) in [6.07, 6.45) is 0. The van der Waals surface area contributed by atoms with Gasteiger partial charge in [-0.2, -0.15) is 0 Å². The number of nitrogens with two attached hydrogens (primary N) is 1. The molecule has 0 fully saturated rings.